The molecule has 0 fully saturated rings. The van der Waals surface area contributed by atoms with Crippen LogP contribution in [0, 0.1) is 5.41 Å². The first kappa shape index (κ1) is 38.8. The summed E-state index contributed by atoms with van der Waals surface area (Å²) >= 11 is 0. The van der Waals surface area contributed by atoms with Crippen molar-refractivity contribution in [3.05, 3.63) is 24.3 Å². The van der Waals surface area contributed by atoms with Crippen molar-refractivity contribution in [1.29, 1.82) is 0 Å². The van der Waals surface area contributed by atoms with Crippen molar-refractivity contribution in [2.75, 3.05) is 27.4 Å². The fourth-order valence-corrected chi connectivity index (χ4v) is 0.716. The van der Waals surface area contributed by atoms with E-state index in [1.165, 1.54) is 0 Å². The van der Waals surface area contributed by atoms with Gasteiger partial charge in [-0.2, -0.15) is 0 Å². The number of hydrogen-bond donors (Lipinski definition) is 0. The molecule has 154 valence electrons. The second-order valence-corrected chi connectivity index (χ2v) is 6.34. The molecule has 0 aromatic carbocycles. The minimum atomic E-state index is -0.339. The van der Waals surface area contributed by atoms with Crippen LogP contribution >= 0.6 is 0 Å². The molecular formula is C20H45NO4. The van der Waals surface area contributed by atoms with Crippen LogP contribution in [-0.4, -0.2) is 44.3 Å². The van der Waals surface area contributed by atoms with E-state index in [1.807, 2.05) is 34.9 Å². The number of carbonyl (C=O) groups is 2. The van der Waals surface area contributed by atoms with Crippen molar-refractivity contribution >= 4 is 11.9 Å². The molecular weight excluding hydrogens is 318 g/mol. The molecule has 0 saturated carbocycles. The lowest BCUT2D eigenvalue weighted by molar-refractivity contribution is -0.143. The van der Waals surface area contributed by atoms with Gasteiger partial charge in [0.05, 0.1) is 6.61 Å². The molecule has 0 N–H and O–H groups in total. The molecule has 0 rings (SSSR count). The molecule has 0 atom stereocenters. The van der Waals surface area contributed by atoms with E-state index in [9.17, 15) is 9.59 Å². The van der Waals surface area contributed by atoms with Crippen LogP contribution in [0.4, 0.5) is 0 Å². The Morgan fingerprint density at radius 1 is 0.840 bits per heavy atom. The minimum absolute atomic E-state index is 0. The Bertz CT molecular complexity index is 380. The molecule has 0 bridgehead atoms. The zero-order valence-electron chi connectivity index (χ0n) is 14.4. The molecule has 0 aliphatic heterocycles. The molecule has 0 aliphatic rings. The molecule has 0 aromatic rings. The van der Waals surface area contributed by atoms with Crippen molar-refractivity contribution in [2.45, 2.75) is 64.3 Å². The Hall–Kier alpha value is -1.62. The Kier molecular flexibility index (Phi) is 29.0. The maximum Gasteiger partial charge on any atom is 0.334 e. The maximum atomic E-state index is 10.9. The highest BCUT2D eigenvalue weighted by Gasteiger charge is 2.13. The van der Waals surface area contributed by atoms with Crippen molar-refractivity contribution in [3.63, 3.8) is 0 Å². The lowest BCUT2D eigenvalue weighted by Gasteiger charge is -2.17. The SMILES string of the molecule is C.C.C.C.C=C(C)C(=O)OCC(C)(C)C.C=C(C)C(=O)OCN(C)C. The van der Waals surface area contributed by atoms with Gasteiger partial charge in [-0.05, 0) is 33.4 Å². The predicted molar refractivity (Wildman–Crippen MR) is 112 cm³/mol. The van der Waals surface area contributed by atoms with E-state index in [4.69, 9.17) is 9.47 Å². The highest BCUT2D eigenvalue weighted by atomic mass is 16.5. The zero-order valence-corrected chi connectivity index (χ0v) is 14.4. The molecule has 0 amide bonds. The van der Waals surface area contributed by atoms with E-state index in [-0.39, 0.29) is 47.1 Å². The Balaban J connectivity index is -0.0000000624. The molecule has 0 saturated heterocycles. The summed E-state index contributed by atoms with van der Waals surface area (Å²) in [6.07, 6.45) is 0. The Labute approximate surface area is 158 Å². The molecule has 25 heavy (non-hydrogen) atoms. The second-order valence-electron chi connectivity index (χ2n) is 6.34. The fraction of sp³-hybridized carbons (Fsp3) is 0.700. The Morgan fingerprint density at radius 2 is 1.16 bits per heavy atom. The first-order valence-corrected chi connectivity index (χ1v) is 6.67. The van der Waals surface area contributed by atoms with E-state index in [1.54, 1.807) is 18.7 Å². The van der Waals surface area contributed by atoms with Crippen molar-refractivity contribution in [3.8, 4) is 0 Å². The van der Waals surface area contributed by atoms with Crippen LogP contribution in [0.5, 0.6) is 0 Å². The van der Waals surface area contributed by atoms with Gasteiger partial charge in [-0.25, -0.2) is 9.59 Å². The van der Waals surface area contributed by atoms with Crippen molar-refractivity contribution in [1.82, 2.24) is 4.90 Å². The van der Waals surface area contributed by atoms with Gasteiger partial charge in [0.1, 0.15) is 6.73 Å². The lowest BCUT2D eigenvalue weighted by Crippen LogP contribution is -2.19. The van der Waals surface area contributed by atoms with E-state index in [0.717, 1.165) is 0 Å². The second kappa shape index (κ2) is 18.7. The van der Waals surface area contributed by atoms with E-state index < -0.39 is 0 Å². The van der Waals surface area contributed by atoms with Crippen LogP contribution in [0.1, 0.15) is 64.3 Å². The third-order valence-corrected chi connectivity index (χ3v) is 1.79. The van der Waals surface area contributed by atoms with Crippen LogP contribution in [0.25, 0.3) is 0 Å². The van der Waals surface area contributed by atoms with Gasteiger partial charge >= 0.3 is 11.9 Å². The van der Waals surface area contributed by atoms with E-state index in [0.29, 0.717) is 24.5 Å². The lowest BCUT2D eigenvalue weighted by atomic mass is 9.99. The Morgan fingerprint density at radius 3 is 1.40 bits per heavy atom. The molecule has 5 heteroatoms. The van der Waals surface area contributed by atoms with Crippen molar-refractivity contribution in [2.24, 2.45) is 5.41 Å². The summed E-state index contributed by atoms with van der Waals surface area (Å²) < 4.78 is 9.68. The maximum absolute atomic E-state index is 10.9. The number of ether oxygens (including phenoxy) is 2. The molecule has 0 heterocycles. The third kappa shape index (κ3) is 30.8. The van der Waals surface area contributed by atoms with Gasteiger partial charge in [-0.3, -0.25) is 4.90 Å². The third-order valence-electron chi connectivity index (χ3n) is 1.79. The van der Waals surface area contributed by atoms with E-state index in [2.05, 4.69) is 13.2 Å². The minimum Gasteiger partial charge on any atom is -0.462 e. The van der Waals surface area contributed by atoms with Gasteiger partial charge in [0, 0.05) is 11.1 Å². The summed E-state index contributed by atoms with van der Waals surface area (Å²) in [6.45, 7) is 17.0. The van der Waals surface area contributed by atoms with Crippen LogP contribution in [0.15, 0.2) is 24.3 Å². The van der Waals surface area contributed by atoms with E-state index >= 15 is 0 Å². The molecule has 5 nitrogen and oxygen atoms in total. The van der Waals surface area contributed by atoms with Gasteiger partial charge < -0.3 is 9.47 Å². The summed E-state index contributed by atoms with van der Waals surface area (Å²) in [4.78, 5) is 23.3. The van der Waals surface area contributed by atoms with Crippen molar-refractivity contribution < 1.29 is 19.1 Å². The fourth-order valence-electron chi connectivity index (χ4n) is 0.716. The van der Waals surface area contributed by atoms with Crippen LogP contribution in [0.3, 0.4) is 0 Å². The molecule has 0 aromatic heterocycles. The first-order valence-electron chi connectivity index (χ1n) is 6.67. The molecule has 0 aliphatic carbocycles. The largest absolute Gasteiger partial charge is 0.462 e. The number of carbonyl (C=O) groups excluding carboxylic acids is 2. The molecule has 0 unspecified atom stereocenters. The van der Waals surface area contributed by atoms with Gasteiger partial charge in [0.2, 0.25) is 0 Å². The standard InChI is InChI=1S/C9H16O2.C7H13NO2.4CH4/c1-7(2)8(10)11-6-9(3,4)5;1-6(2)7(9)10-5-8(3)4;;;;/h1,6H2,2-5H3;1,5H2,2-4H3;4*1H4. The summed E-state index contributed by atoms with van der Waals surface area (Å²) in [5.41, 5.74) is 0.918. The normalized spacial score (nSPS) is 8.64. The summed E-state index contributed by atoms with van der Waals surface area (Å²) in [5.74, 6) is -0.645. The quantitative estimate of drug-likeness (QED) is 0.376. The zero-order chi connectivity index (χ0) is 17.2. The number of hydrogen-bond acceptors (Lipinski definition) is 5. The van der Waals surface area contributed by atoms with Gasteiger partial charge in [-0.15, -0.1) is 0 Å². The van der Waals surface area contributed by atoms with Gasteiger partial charge in [-0.1, -0.05) is 63.6 Å². The van der Waals surface area contributed by atoms with Crippen LogP contribution in [0.2, 0.25) is 0 Å². The first-order chi connectivity index (χ1) is 9.36. The predicted octanol–water partition coefficient (Wildman–Crippen LogP) is 5.32. The average Bonchev–Trinajstić information content (AvgIpc) is 2.32. The number of esters is 2. The number of rotatable bonds is 5. The highest BCUT2D eigenvalue weighted by molar-refractivity contribution is 5.87. The van der Waals surface area contributed by atoms with Gasteiger partial charge in [0.25, 0.3) is 0 Å². The van der Waals surface area contributed by atoms with Crippen LogP contribution < -0.4 is 0 Å². The average molecular weight is 364 g/mol. The smallest absolute Gasteiger partial charge is 0.334 e. The summed E-state index contributed by atoms with van der Waals surface area (Å²) in [6, 6.07) is 0. The topological polar surface area (TPSA) is 55.8 Å². The van der Waals surface area contributed by atoms with Gasteiger partial charge in [0.15, 0.2) is 0 Å². The summed E-state index contributed by atoms with van der Waals surface area (Å²) in [7, 11) is 3.65. The molecule has 0 radical (unpaired) electrons. The monoisotopic (exact) mass is 363 g/mol. The number of nitrogens with zero attached hydrogens (tertiary/aromatic N) is 1. The highest BCUT2D eigenvalue weighted by Crippen LogP contribution is 2.13. The molecule has 0 spiro atoms. The summed E-state index contributed by atoms with van der Waals surface area (Å²) in [5, 5.41) is 0. The van der Waals surface area contributed by atoms with Crippen LogP contribution in [-0.2, 0) is 19.1 Å².